The molecule has 0 radical (unpaired) electrons. The number of nitrogens with zero attached hydrogens (tertiary/aromatic N) is 4. The van der Waals surface area contributed by atoms with Crippen LogP contribution in [0.5, 0.6) is 0 Å². The van der Waals surface area contributed by atoms with E-state index in [4.69, 9.17) is 0 Å². The Hall–Kier alpha value is -3.56. The van der Waals surface area contributed by atoms with Gasteiger partial charge in [0.25, 0.3) is 11.9 Å². The molecule has 0 bridgehead atoms. The maximum absolute atomic E-state index is 14.0. The second-order valence-corrected chi connectivity index (χ2v) is 8.75. The molecule has 1 aliphatic rings. The Labute approximate surface area is 200 Å². The van der Waals surface area contributed by atoms with E-state index in [1.165, 1.54) is 0 Å². The zero-order valence-corrected chi connectivity index (χ0v) is 19.4. The Bertz CT molecular complexity index is 1260. The molecule has 1 heterocycles. The fourth-order valence-electron chi connectivity index (χ4n) is 4.22. The molecule has 0 atom stereocenters. The van der Waals surface area contributed by atoms with Crippen molar-refractivity contribution < 1.29 is 22.4 Å². The summed E-state index contributed by atoms with van der Waals surface area (Å²) in [5, 5.41) is 3.41. The van der Waals surface area contributed by atoms with Gasteiger partial charge in [0.15, 0.2) is 0 Å². The van der Waals surface area contributed by atoms with Crippen LogP contribution in [0.1, 0.15) is 41.6 Å². The Morgan fingerprint density at radius 1 is 1.09 bits per heavy atom. The standard InChI is InChI=1S/C25H25F4N5O/c1-34(2)22-17-6-3-4-9-20(17)32-24(33-22)31-16-12-10-15(11-13-16)14-30-23(35)21-18(25(27,28)29)7-5-8-19(21)26/h3-9,15H,10-14H2,1-2H3,(H,30,35). The van der Waals surface area contributed by atoms with Crippen LogP contribution in [-0.2, 0) is 6.18 Å². The van der Waals surface area contributed by atoms with Gasteiger partial charge in [-0.3, -0.25) is 4.79 Å². The number of carbonyl (C=O) groups excluding carboxylic acids is 1. The quantitative estimate of drug-likeness (QED) is 0.480. The minimum Gasteiger partial charge on any atom is -0.362 e. The van der Waals surface area contributed by atoms with Gasteiger partial charge in [-0.1, -0.05) is 18.2 Å². The predicted molar refractivity (Wildman–Crippen MR) is 127 cm³/mol. The van der Waals surface area contributed by atoms with Crippen LogP contribution in [-0.4, -0.2) is 42.2 Å². The number of amides is 1. The van der Waals surface area contributed by atoms with Crippen LogP contribution < -0.4 is 10.2 Å². The molecule has 1 saturated carbocycles. The molecule has 1 amide bonds. The minimum absolute atomic E-state index is 0.0499. The molecule has 35 heavy (non-hydrogen) atoms. The molecule has 10 heteroatoms. The first-order valence-electron chi connectivity index (χ1n) is 11.3. The van der Waals surface area contributed by atoms with Crippen LogP contribution >= 0.6 is 0 Å². The van der Waals surface area contributed by atoms with Crippen LogP contribution in [0, 0.1) is 11.7 Å². The van der Waals surface area contributed by atoms with Gasteiger partial charge in [0, 0.05) is 31.7 Å². The lowest BCUT2D eigenvalue weighted by Gasteiger charge is -2.23. The summed E-state index contributed by atoms with van der Waals surface area (Å²) in [4.78, 5) is 28.1. The third-order valence-corrected chi connectivity index (χ3v) is 6.03. The Kier molecular flexibility index (Phi) is 7.00. The number of fused-ring (bicyclic) bond motifs is 1. The van der Waals surface area contributed by atoms with Crippen LogP contribution in [0.4, 0.5) is 29.3 Å². The van der Waals surface area contributed by atoms with E-state index in [1.54, 1.807) is 0 Å². The van der Waals surface area contributed by atoms with Gasteiger partial charge in [-0.25, -0.2) is 14.4 Å². The number of hydrogen-bond acceptors (Lipinski definition) is 5. The molecule has 1 fully saturated rings. The zero-order chi connectivity index (χ0) is 25.2. The molecule has 0 saturated heterocycles. The van der Waals surface area contributed by atoms with Gasteiger partial charge in [0.2, 0.25) is 0 Å². The summed E-state index contributed by atoms with van der Waals surface area (Å²) in [5.41, 5.74) is -0.516. The van der Waals surface area contributed by atoms with Crippen molar-refractivity contribution in [1.82, 2.24) is 15.3 Å². The Morgan fingerprint density at radius 2 is 1.80 bits per heavy atom. The van der Waals surface area contributed by atoms with Crippen molar-refractivity contribution in [3.05, 3.63) is 59.4 Å². The summed E-state index contributed by atoms with van der Waals surface area (Å²) in [6.07, 6.45) is -2.13. The molecule has 0 unspecified atom stereocenters. The molecule has 184 valence electrons. The minimum atomic E-state index is -4.82. The highest BCUT2D eigenvalue weighted by atomic mass is 19.4. The first kappa shape index (κ1) is 24.6. The van der Waals surface area contributed by atoms with Crippen molar-refractivity contribution in [1.29, 1.82) is 0 Å². The fourth-order valence-corrected chi connectivity index (χ4v) is 4.22. The van der Waals surface area contributed by atoms with Gasteiger partial charge in [0.1, 0.15) is 11.6 Å². The van der Waals surface area contributed by atoms with Gasteiger partial charge in [0.05, 0.1) is 16.6 Å². The lowest BCUT2D eigenvalue weighted by molar-refractivity contribution is -0.138. The molecular formula is C25H25F4N5O. The summed E-state index contributed by atoms with van der Waals surface area (Å²) in [6, 6.07) is 10.2. The van der Waals surface area contributed by atoms with E-state index < -0.39 is 29.0 Å². The molecule has 0 spiro atoms. The molecular weight excluding hydrogens is 462 g/mol. The van der Waals surface area contributed by atoms with E-state index in [-0.39, 0.29) is 12.5 Å². The van der Waals surface area contributed by atoms with E-state index >= 15 is 0 Å². The number of carbonyl (C=O) groups is 1. The number of aliphatic imine (C=N–C) groups is 1. The number of nitrogens with one attached hydrogen (secondary N) is 1. The first-order valence-corrected chi connectivity index (χ1v) is 11.3. The lowest BCUT2D eigenvalue weighted by atomic mass is 9.87. The second kappa shape index (κ2) is 9.97. The van der Waals surface area contributed by atoms with Crippen molar-refractivity contribution in [2.45, 2.75) is 31.9 Å². The number of anilines is 1. The molecule has 1 aromatic heterocycles. The van der Waals surface area contributed by atoms with Gasteiger partial charge in [-0.2, -0.15) is 18.2 Å². The highest BCUT2D eigenvalue weighted by molar-refractivity contribution is 5.96. The van der Waals surface area contributed by atoms with E-state index in [0.717, 1.165) is 34.6 Å². The van der Waals surface area contributed by atoms with E-state index in [2.05, 4.69) is 20.3 Å². The summed E-state index contributed by atoms with van der Waals surface area (Å²) >= 11 is 0. The van der Waals surface area contributed by atoms with Crippen molar-refractivity contribution in [2.75, 3.05) is 25.5 Å². The molecule has 3 aromatic rings. The Balaban J connectivity index is 1.40. The maximum Gasteiger partial charge on any atom is 0.417 e. The summed E-state index contributed by atoms with van der Waals surface area (Å²) in [5.74, 6) is -1.04. The van der Waals surface area contributed by atoms with Crippen LogP contribution in [0.15, 0.2) is 47.5 Å². The summed E-state index contributed by atoms with van der Waals surface area (Å²) < 4.78 is 53.6. The number of aromatic nitrogens is 2. The second-order valence-electron chi connectivity index (χ2n) is 8.75. The maximum atomic E-state index is 14.0. The highest BCUT2D eigenvalue weighted by Crippen LogP contribution is 2.33. The molecule has 6 nitrogen and oxygen atoms in total. The van der Waals surface area contributed by atoms with Crippen LogP contribution in [0.2, 0.25) is 0 Å². The summed E-state index contributed by atoms with van der Waals surface area (Å²) in [7, 11) is 3.81. The van der Waals surface area contributed by atoms with Crippen LogP contribution in [0.3, 0.4) is 0 Å². The highest BCUT2D eigenvalue weighted by Gasteiger charge is 2.36. The first-order chi connectivity index (χ1) is 16.6. The number of alkyl halides is 3. The normalized spacial score (nSPS) is 16.3. The van der Waals surface area contributed by atoms with Crippen molar-refractivity contribution in [3.63, 3.8) is 0 Å². The number of rotatable bonds is 5. The third kappa shape index (κ3) is 5.58. The zero-order valence-electron chi connectivity index (χ0n) is 19.4. The smallest absolute Gasteiger partial charge is 0.362 e. The van der Waals surface area contributed by atoms with Crippen LogP contribution in [0.25, 0.3) is 10.9 Å². The van der Waals surface area contributed by atoms with E-state index in [0.29, 0.717) is 37.7 Å². The molecule has 4 rings (SSSR count). The monoisotopic (exact) mass is 487 g/mol. The predicted octanol–water partition coefficient (Wildman–Crippen LogP) is 5.55. The van der Waals surface area contributed by atoms with Crippen molar-refractivity contribution in [3.8, 4) is 0 Å². The molecule has 1 N–H and O–H groups in total. The Morgan fingerprint density at radius 3 is 2.49 bits per heavy atom. The number of para-hydroxylation sites is 1. The number of hydrogen-bond donors (Lipinski definition) is 1. The average molecular weight is 488 g/mol. The molecule has 2 aromatic carbocycles. The third-order valence-electron chi connectivity index (χ3n) is 6.03. The van der Waals surface area contributed by atoms with Gasteiger partial charge >= 0.3 is 6.18 Å². The van der Waals surface area contributed by atoms with Gasteiger partial charge in [-0.05, 0) is 55.9 Å². The number of halogens is 4. The van der Waals surface area contributed by atoms with Gasteiger partial charge in [-0.15, -0.1) is 0 Å². The van der Waals surface area contributed by atoms with E-state index in [9.17, 15) is 22.4 Å². The largest absolute Gasteiger partial charge is 0.417 e. The number of benzene rings is 2. The molecule has 0 aliphatic heterocycles. The SMILES string of the molecule is CN(C)c1nc(N=C2CCC(CNC(=O)c3c(F)cccc3C(F)(F)F)CC2)nc2ccccc12. The fraction of sp³-hybridized carbons (Fsp3) is 0.360. The van der Waals surface area contributed by atoms with E-state index in [1.807, 2.05) is 43.3 Å². The topological polar surface area (TPSA) is 70.5 Å². The average Bonchev–Trinajstić information content (AvgIpc) is 2.82. The molecule has 1 aliphatic carbocycles. The lowest BCUT2D eigenvalue weighted by Crippen LogP contribution is -2.33. The van der Waals surface area contributed by atoms with Crippen molar-refractivity contribution in [2.24, 2.45) is 10.9 Å². The van der Waals surface area contributed by atoms with Crippen molar-refractivity contribution >= 4 is 34.3 Å². The summed E-state index contributed by atoms with van der Waals surface area (Å²) in [6.45, 7) is 0.162. The van der Waals surface area contributed by atoms with Gasteiger partial charge < -0.3 is 10.2 Å².